The Kier molecular flexibility index (Phi) is 6.43. The molecule has 0 unspecified atom stereocenters. The molecular formula is C32H23IrN3OS-2. The van der Waals surface area contributed by atoms with Crippen LogP contribution in [0.15, 0.2) is 89.6 Å². The molecule has 0 saturated carbocycles. The summed E-state index contributed by atoms with van der Waals surface area (Å²) in [7, 11) is 0. The number of thiophene rings is 1. The summed E-state index contributed by atoms with van der Waals surface area (Å²) in [5.41, 5.74) is 5.71. The average molecular weight is 693 g/mol. The molecule has 0 atom stereocenters. The SMILES string of the molecule is Cc1ccc(-c2[c-]cccc2)nc1.[2H]C([2H])([2H])c1ccc2c(n1)oc1c(-c3nccc4sc(C)cc34)[c-]ccc12.[Ir]. The van der Waals surface area contributed by atoms with Gasteiger partial charge in [-0.05, 0) is 61.6 Å². The van der Waals surface area contributed by atoms with Gasteiger partial charge in [-0.2, -0.15) is 0 Å². The molecule has 7 aromatic rings. The number of fused-ring (bicyclic) bond motifs is 4. The maximum Gasteiger partial charge on any atom is 0.216 e. The minimum Gasteiger partial charge on any atom is -0.486 e. The molecule has 7 rings (SSSR count). The van der Waals surface area contributed by atoms with Gasteiger partial charge >= 0.3 is 0 Å². The molecule has 0 aliphatic heterocycles. The van der Waals surface area contributed by atoms with Crippen molar-refractivity contribution in [3.63, 3.8) is 0 Å². The summed E-state index contributed by atoms with van der Waals surface area (Å²) in [6.45, 7) is 1.83. The van der Waals surface area contributed by atoms with E-state index in [1.807, 2.05) is 61.7 Å². The van der Waals surface area contributed by atoms with Gasteiger partial charge < -0.3 is 14.4 Å². The smallest absolute Gasteiger partial charge is 0.216 e. The zero-order valence-electron chi connectivity index (χ0n) is 23.6. The number of aromatic nitrogens is 3. The molecule has 5 heterocycles. The van der Waals surface area contributed by atoms with E-state index in [0.717, 1.165) is 43.4 Å². The third-order valence-electron chi connectivity index (χ3n) is 6.00. The molecule has 0 aliphatic carbocycles. The Morgan fingerprint density at radius 3 is 2.61 bits per heavy atom. The van der Waals surface area contributed by atoms with E-state index in [1.54, 1.807) is 23.6 Å². The molecule has 0 amide bonds. The zero-order valence-corrected chi connectivity index (χ0v) is 23.8. The Bertz CT molecular complexity index is 1970. The first-order chi connectivity index (χ1) is 19.3. The van der Waals surface area contributed by atoms with Crippen molar-refractivity contribution < 1.29 is 28.6 Å². The summed E-state index contributed by atoms with van der Waals surface area (Å²) in [5, 5.41) is 2.70. The van der Waals surface area contributed by atoms with E-state index in [4.69, 9.17) is 8.53 Å². The molecule has 0 bridgehead atoms. The second kappa shape index (κ2) is 11.0. The van der Waals surface area contributed by atoms with Crippen LogP contribution in [0, 0.1) is 32.8 Å². The van der Waals surface area contributed by atoms with E-state index in [1.165, 1.54) is 16.5 Å². The Hall–Kier alpha value is -3.70. The van der Waals surface area contributed by atoms with Crippen molar-refractivity contribution in [3.8, 4) is 22.5 Å². The minimum absolute atomic E-state index is 0. The Labute approximate surface area is 243 Å². The van der Waals surface area contributed by atoms with Gasteiger partial charge in [0.05, 0.1) is 5.58 Å². The van der Waals surface area contributed by atoms with E-state index < -0.39 is 6.85 Å². The molecule has 0 aliphatic rings. The second-order valence-corrected chi connectivity index (χ2v) is 9.96. The quantitative estimate of drug-likeness (QED) is 0.171. The summed E-state index contributed by atoms with van der Waals surface area (Å²) < 4.78 is 29.9. The topological polar surface area (TPSA) is 51.8 Å². The Morgan fingerprint density at radius 1 is 0.895 bits per heavy atom. The van der Waals surface area contributed by atoms with Crippen LogP contribution in [0.2, 0.25) is 0 Å². The van der Waals surface area contributed by atoms with E-state index in [0.29, 0.717) is 11.3 Å². The summed E-state index contributed by atoms with van der Waals surface area (Å²) in [5.74, 6) is 0. The maximum atomic E-state index is 7.57. The summed E-state index contributed by atoms with van der Waals surface area (Å²) in [4.78, 5) is 14.3. The molecule has 6 heteroatoms. The fourth-order valence-electron chi connectivity index (χ4n) is 4.27. The van der Waals surface area contributed by atoms with Gasteiger partial charge in [0.2, 0.25) is 5.71 Å². The number of nitrogens with zero attached hydrogens (tertiary/aromatic N) is 3. The minimum atomic E-state index is -2.27. The molecule has 2 aromatic carbocycles. The fraction of sp³-hybridized carbons (Fsp3) is 0.0938. The van der Waals surface area contributed by atoms with Crippen LogP contribution in [-0.2, 0) is 20.1 Å². The van der Waals surface area contributed by atoms with E-state index in [-0.39, 0.29) is 25.8 Å². The number of pyridine rings is 3. The van der Waals surface area contributed by atoms with Gasteiger partial charge in [-0.3, -0.25) is 0 Å². The molecule has 0 N–H and O–H groups in total. The zero-order chi connectivity index (χ0) is 27.9. The molecule has 5 aromatic heterocycles. The van der Waals surface area contributed by atoms with Crippen LogP contribution in [0.1, 0.15) is 20.2 Å². The predicted octanol–water partition coefficient (Wildman–Crippen LogP) is 8.53. The first-order valence-corrected chi connectivity index (χ1v) is 12.6. The normalized spacial score (nSPS) is 12.3. The number of benzene rings is 2. The van der Waals surface area contributed by atoms with Crippen LogP contribution in [0.25, 0.3) is 54.7 Å². The first-order valence-electron chi connectivity index (χ1n) is 13.3. The van der Waals surface area contributed by atoms with E-state index in [9.17, 15) is 0 Å². The van der Waals surface area contributed by atoms with Gasteiger partial charge in [-0.25, -0.2) is 4.98 Å². The molecule has 38 heavy (non-hydrogen) atoms. The summed E-state index contributed by atoms with van der Waals surface area (Å²) in [6, 6.07) is 29.5. The van der Waals surface area contributed by atoms with Crippen molar-refractivity contribution in [1.82, 2.24) is 15.0 Å². The molecular weight excluding hydrogens is 667 g/mol. The van der Waals surface area contributed by atoms with Gasteiger partial charge in [0.15, 0.2) is 0 Å². The average Bonchev–Trinajstić information content (AvgIpc) is 3.53. The molecule has 189 valence electrons. The Balaban J connectivity index is 0.000000204. The van der Waals surface area contributed by atoms with Crippen molar-refractivity contribution in [2.75, 3.05) is 0 Å². The van der Waals surface area contributed by atoms with Crippen molar-refractivity contribution in [1.29, 1.82) is 0 Å². The van der Waals surface area contributed by atoms with Crippen LogP contribution in [-0.4, -0.2) is 15.0 Å². The molecule has 0 saturated heterocycles. The molecule has 0 spiro atoms. The second-order valence-electron chi connectivity index (χ2n) is 8.67. The Morgan fingerprint density at radius 2 is 1.82 bits per heavy atom. The van der Waals surface area contributed by atoms with Crippen LogP contribution < -0.4 is 0 Å². The maximum absolute atomic E-state index is 7.57. The van der Waals surface area contributed by atoms with E-state index >= 15 is 0 Å². The molecule has 0 fully saturated rings. The molecule has 4 nitrogen and oxygen atoms in total. The van der Waals surface area contributed by atoms with Gasteiger partial charge in [0.1, 0.15) is 0 Å². The van der Waals surface area contributed by atoms with Gasteiger partial charge in [0.25, 0.3) is 0 Å². The standard InChI is InChI=1S/C20H13N2OS.C12H10N.Ir/c1-11-6-7-14-13-4-3-5-15(19(13)23-20(14)22-11)18-16-10-12(2)24-17(16)8-9-21-18;1-10-7-8-12(13-9-10)11-5-3-2-4-6-11;/h3-4,6-10H,1-2H3;2-5,7-9H,1H3;/q2*-1;/i1D3;;. The summed E-state index contributed by atoms with van der Waals surface area (Å²) in [6.07, 6.45) is 3.66. The van der Waals surface area contributed by atoms with Crippen LogP contribution in [0.3, 0.4) is 0 Å². The van der Waals surface area contributed by atoms with Crippen LogP contribution >= 0.6 is 11.3 Å². The van der Waals surface area contributed by atoms with Crippen molar-refractivity contribution in [2.24, 2.45) is 0 Å². The van der Waals surface area contributed by atoms with E-state index in [2.05, 4.69) is 46.1 Å². The monoisotopic (exact) mass is 693 g/mol. The van der Waals surface area contributed by atoms with Gasteiger partial charge in [0, 0.05) is 63.0 Å². The predicted molar refractivity (Wildman–Crippen MR) is 152 cm³/mol. The van der Waals surface area contributed by atoms with Crippen LogP contribution in [0.5, 0.6) is 0 Å². The van der Waals surface area contributed by atoms with Gasteiger partial charge in [-0.15, -0.1) is 65.4 Å². The molecule has 1 radical (unpaired) electrons. The number of hydrogen-bond donors (Lipinski definition) is 0. The van der Waals surface area contributed by atoms with Crippen molar-refractivity contribution in [3.05, 3.63) is 113 Å². The summed E-state index contributed by atoms with van der Waals surface area (Å²) >= 11 is 1.72. The van der Waals surface area contributed by atoms with Crippen molar-refractivity contribution in [2.45, 2.75) is 20.7 Å². The number of rotatable bonds is 2. The first kappa shape index (κ1) is 22.3. The number of aryl methyl sites for hydroxylation is 3. The van der Waals surface area contributed by atoms with Gasteiger partial charge in [-0.1, -0.05) is 23.1 Å². The largest absolute Gasteiger partial charge is 0.486 e. The third-order valence-corrected chi connectivity index (χ3v) is 7.02. The van der Waals surface area contributed by atoms with Crippen LogP contribution in [0.4, 0.5) is 0 Å². The van der Waals surface area contributed by atoms with Crippen molar-refractivity contribution >= 4 is 43.5 Å². The number of furan rings is 1. The number of hydrogen-bond acceptors (Lipinski definition) is 5. The fourth-order valence-corrected chi connectivity index (χ4v) is 5.19. The third kappa shape index (κ3) is 5.03.